The average molecular weight is 173 g/mol. The molecule has 0 aliphatic rings. The summed E-state index contributed by atoms with van der Waals surface area (Å²) in [6.45, 7) is 5.85. The van der Waals surface area contributed by atoms with E-state index in [1.807, 2.05) is 6.92 Å². The largest absolute Gasteiger partial charge is 0.372 e. The van der Waals surface area contributed by atoms with E-state index in [1.54, 1.807) is 6.92 Å². The lowest BCUT2D eigenvalue weighted by Crippen LogP contribution is -2.39. The van der Waals surface area contributed by atoms with Crippen LogP contribution in [-0.2, 0) is 9.53 Å². The van der Waals surface area contributed by atoms with Gasteiger partial charge in [-0.1, -0.05) is 13.3 Å². The van der Waals surface area contributed by atoms with Crippen LogP contribution in [0.1, 0.15) is 33.6 Å². The molecule has 3 nitrogen and oxygen atoms in total. The zero-order valence-electron chi connectivity index (χ0n) is 8.39. The minimum Gasteiger partial charge on any atom is -0.372 e. The highest BCUT2D eigenvalue weighted by Crippen LogP contribution is 1.96. The summed E-state index contributed by atoms with van der Waals surface area (Å²) in [6.07, 6.45) is 1.76. The first-order valence-electron chi connectivity index (χ1n) is 4.45. The molecule has 0 aromatic carbocycles. The first-order valence-corrected chi connectivity index (χ1v) is 4.45. The summed E-state index contributed by atoms with van der Waals surface area (Å²) in [5.41, 5.74) is 0. The molecule has 0 aromatic heterocycles. The molecular formula is C9H19NO2. The number of rotatable bonds is 5. The van der Waals surface area contributed by atoms with Crippen LogP contribution in [0.3, 0.4) is 0 Å². The number of carbonyl (C=O) groups is 1. The van der Waals surface area contributed by atoms with Gasteiger partial charge in [0.15, 0.2) is 0 Å². The van der Waals surface area contributed by atoms with Crippen LogP contribution in [0.15, 0.2) is 0 Å². The van der Waals surface area contributed by atoms with Gasteiger partial charge in [0, 0.05) is 13.2 Å². The molecule has 2 atom stereocenters. The van der Waals surface area contributed by atoms with Crippen molar-refractivity contribution in [3.05, 3.63) is 0 Å². The quantitative estimate of drug-likeness (QED) is 0.681. The van der Waals surface area contributed by atoms with Gasteiger partial charge in [0.25, 0.3) is 0 Å². The van der Waals surface area contributed by atoms with E-state index in [1.165, 1.54) is 7.11 Å². The number of amides is 1. The molecule has 0 aliphatic heterocycles. The van der Waals surface area contributed by atoms with Gasteiger partial charge in [-0.05, 0) is 20.3 Å². The van der Waals surface area contributed by atoms with E-state index < -0.39 is 0 Å². The van der Waals surface area contributed by atoms with Gasteiger partial charge in [-0.25, -0.2) is 0 Å². The van der Waals surface area contributed by atoms with Gasteiger partial charge < -0.3 is 10.1 Å². The van der Waals surface area contributed by atoms with E-state index in [4.69, 9.17) is 4.74 Å². The summed E-state index contributed by atoms with van der Waals surface area (Å²) in [5.74, 6) is -0.0292. The van der Waals surface area contributed by atoms with Gasteiger partial charge in [0.05, 0.1) is 0 Å². The highest BCUT2D eigenvalue weighted by atomic mass is 16.5. The number of carbonyl (C=O) groups excluding carboxylic acids is 1. The Balaban J connectivity index is 3.67. The third kappa shape index (κ3) is 4.34. The van der Waals surface area contributed by atoms with Gasteiger partial charge >= 0.3 is 0 Å². The highest BCUT2D eigenvalue weighted by molar-refractivity contribution is 5.80. The lowest BCUT2D eigenvalue weighted by molar-refractivity contribution is -0.130. The summed E-state index contributed by atoms with van der Waals surface area (Å²) < 4.78 is 4.88. The Morgan fingerprint density at radius 3 is 2.50 bits per heavy atom. The second-order valence-corrected chi connectivity index (χ2v) is 3.08. The van der Waals surface area contributed by atoms with Crippen molar-refractivity contribution in [1.29, 1.82) is 0 Å². The maximum atomic E-state index is 11.2. The Morgan fingerprint density at radius 1 is 1.50 bits per heavy atom. The maximum absolute atomic E-state index is 11.2. The fourth-order valence-corrected chi connectivity index (χ4v) is 0.972. The summed E-state index contributed by atoms with van der Waals surface area (Å²) in [4.78, 5) is 11.2. The molecule has 0 bridgehead atoms. The van der Waals surface area contributed by atoms with Gasteiger partial charge in [0.1, 0.15) is 6.10 Å². The average Bonchev–Trinajstić information content (AvgIpc) is 2.03. The third-order valence-electron chi connectivity index (χ3n) is 1.83. The zero-order valence-corrected chi connectivity index (χ0v) is 8.39. The summed E-state index contributed by atoms with van der Waals surface area (Å²) in [7, 11) is 1.54. The molecular weight excluding hydrogens is 154 g/mol. The van der Waals surface area contributed by atoms with E-state index >= 15 is 0 Å². The van der Waals surface area contributed by atoms with Gasteiger partial charge in [0.2, 0.25) is 5.91 Å². The number of methoxy groups -OCH3 is 1. The lowest BCUT2D eigenvalue weighted by atomic mass is 10.2. The molecule has 12 heavy (non-hydrogen) atoms. The molecule has 0 aliphatic carbocycles. The van der Waals surface area contributed by atoms with Crippen LogP contribution in [0.4, 0.5) is 0 Å². The number of hydrogen-bond donors (Lipinski definition) is 1. The van der Waals surface area contributed by atoms with Crippen molar-refractivity contribution in [2.45, 2.75) is 45.8 Å². The molecule has 0 saturated heterocycles. The molecule has 0 fully saturated rings. The van der Waals surface area contributed by atoms with Crippen LogP contribution < -0.4 is 5.32 Å². The van der Waals surface area contributed by atoms with E-state index in [0.29, 0.717) is 0 Å². The summed E-state index contributed by atoms with van der Waals surface area (Å²) >= 11 is 0. The Morgan fingerprint density at radius 2 is 2.08 bits per heavy atom. The minimum atomic E-state index is -0.343. The van der Waals surface area contributed by atoms with Crippen LogP contribution >= 0.6 is 0 Å². The number of hydrogen-bond acceptors (Lipinski definition) is 2. The number of nitrogens with one attached hydrogen (secondary N) is 1. The van der Waals surface area contributed by atoms with Crippen molar-refractivity contribution < 1.29 is 9.53 Å². The van der Waals surface area contributed by atoms with Crippen LogP contribution in [0.5, 0.6) is 0 Å². The smallest absolute Gasteiger partial charge is 0.249 e. The molecule has 72 valence electrons. The SMILES string of the molecule is CCCC(C)NC(=O)C(C)OC. The predicted octanol–water partition coefficient (Wildman–Crippen LogP) is 1.33. The molecule has 0 rings (SSSR count). The van der Waals surface area contributed by atoms with Crippen molar-refractivity contribution in [2.24, 2.45) is 0 Å². The van der Waals surface area contributed by atoms with Crippen molar-refractivity contribution >= 4 is 5.91 Å². The molecule has 0 heterocycles. The van der Waals surface area contributed by atoms with Crippen molar-refractivity contribution in [1.82, 2.24) is 5.32 Å². The molecule has 1 amide bonds. The highest BCUT2D eigenvalue weighted by Gasteiger charge is 2.12. The standard InChI is InChI=1S/C9H19NO2/c1-5-6-7(2)10-9(11)8(3)12-4/h7-8H,5-6H2,1-4H3,(H,10,11). The van der Waals surface area contributed by atoms with Crippen molar-refractivity contribution in [2.75, 3.05) is 7.11 Å². The van der Waals surface area contributed by atoms with Crippen molar-refractivity contribution in [3.8, 4) is 0 Å². The van der Waals surface area contributed by atoms with Gasteiger partial charge in [-0.3, -0.25) is 4.79 Å². The number of ether oxygens (including phenoxy) is 1. The fraction of sp³-hybridized carbons (Fsp3) is 0.889. The van der Waals surface area contributed by atoms with Crippen LogP contribution in [0.25, 0.3) is 0 Å². The third-order valence-corrected chi connectivity index (χ3v) is 1.83. The van der Waals surface area contributed by atoms with E-state index in [0.717, 1.165) is 12.8 Å². The zero-order chi connectivity index (χ0) is 9.56. The Bertz CT molecular complexity index is 136. The van der Waals surface area contributed by atoms with Crippen LogP contribution in [0.2, 0.25) is 0 Å². The lowest BCUT2D eigenvalue weighted by Gasteiger charge is -2.15. The van der Waals surface area contributed by atoms with E-state index in [2.05, 4.69) is 12.2 Å². The summed E-state index contributed by atoms with van der Waals surface area (Å²) in [5, 5.41) is 2.87. The molecule has 0 saturated carbocycles. The van der Waals surface area contributed by atoms with Gasteiger partial charge in [-0.15, -0.1) is 0 Å². The molecule has 1 N–H and O–H groups in total. The molecule has 0 spiro atoms. The van der Waals surface area contributed by atoms with Gasteiger partial charge in [-0.2, -0.15) is 0 Å². The molecule has 0 radical (unpaired) electrons. The minimum absolute atomic E-state index is 0.0292. The molecule has 2 unspecified atom stereocenters. The predicted molar refractivity (Wildman–Crippen MR) is 49.0 cm³/mol. The maximum Gasteiger partial charge on any atom is 0.249 e. The Hall–Kier alpha value is -0.570. The topological polar surface area (TPSA) is 38.3 Å². The second-order valence-electron chi connectivity index (χ2n) is 3.08. The van der Waals surface area contributed by atoms with Crippen LogP contribution in [0, 0.1) is 0 Å². The van der Waals surface area contributed by atoms with Crippen molar-refractivity contribution in [3.63, 3.8) is 0 Å². The van der Waals surface area contributed by atoms with E-state index in [-0.39, 0.29) is 18.1 Å². The monoisotopic (exact) mass is 173 g/mol. The first kappa shape index (κ1) is 11.4. The second kappa shape index (κ2) is 6.00. The molecule has 3 heteroatoms. The Labute approximate surface area is 74.5 Å². The fourth-order valence-electron chi connectivity index (χ4n) is 0.972. The van der Waals surface area contributed by atoms with Crippen LogP contribution in [-0.4, -0.2) is 25.2 Å². The normalized spacial score (nSPS) is 15.3. The first-order chi connectivity index (χ1) is 5.61. The summed E-state index contributed by atoms with van der Waals surface area (Å²) in [6, 6.07) is 0.250. The Kier molecular flexibility index (Phi) is 5.72. The van der Waals surface area contributed by atoms with E-state index in [9.17, 15) is 4.79 Å². The molecule has 0 aromatic rings.